The molecule has 0 saturated heterocycles. The molecule has 1 fully saturated rings. The Labute approximate surface area is 110 Å². The molecule has 2 N–H and O–H groups in total. The Morgan fingerprint density at radius 1 is 1.22 bits per heavy atom. The van der Waals surface area contributed by atoms with Crippen LogP contribution in [0.4, 0.5) is 0 Å². The van der Waals surface area contributed by atoms with E-state index >= 15 is 0 Å². The second kappa shape index (κ2) is 5.85. The summed E-state index contributed by atoms with van der Waals surface area (Å²) in [4.78, 5) is 0. The van der Waals surface area contributed by atoms with Crippen molar-refractivity contribution in [3.8, 4) is 0 Å². The molecule has 0 aromatic heterocycles. The van der Waals surface area contributed by atoms with Gasteiger partial charge in [-0.2, -0.15) is 0 Å². The third-order valence-corrected chi connectivity index (χ3v) is 4.53. The van der Waals surface area contributed by atoms with E-state index in [0.717, 1.165) is 13.1 Å². The highest BCUT2D eigenvalue weighted by atomic mass is 16.3. The highest BCUT2D eigenvalue weighted by Gasteiger charge is 2.32. The maximum absolute atomic E-state index is 9.57. The zero-order valence-corrected chi connectivity index (χ0v) is 11.6. The fourth-order valence-electron chi connectivity index (χ4n) is 2.98. The summed E-state index contributed by atoms with van der Waals surface area (Å²) in [7, 11) is 0. The van der Waals surface area contributed by atoms with Gasteiger partial charge in [0.2, 0.25) is 0 Å². The van der Waals surface area contributed by atoms with Crippen molar-refractivity contribution >= 4 is 0 Å². The number of aliphatic hydroxyl groups excluding tert-OH is 1. The first kappa shape index (κ1) is 13.6. The SMILES string of the molecule is Cc1cccc(CNCC2(CO)CCCC2)c1C. The molecule has 2 heteroatoms. The summed E-state index contributed by atoms with van der Waals surface area (Å²) >= 11 is 0. The minimum Gasteiger partial charge on any atom is -0.396 e. The minimum atomic E-state index is 0.151. The van der Waals surface area contributed by atoms with E-state index in [1.54, 1.807) is 0 Å². The first-order valence-corrected chi connectivity index (χ1v) is 7.04. The van der Waals surface area contributed by atoms with Crippen LogP contribution in [0.3, 0.4) is 0 Å². The number of nitrogens with one attached hydrogen (secondary N) is 1. The van der Waals surface area contributed by atoms with Crippen LogP contribution in [-0.4, -0.2) is 18.3 Å². The molecule has 100 valence electrons. The van der Waals surface area contributed by atoms with Crippen LogP contribution in [0.1, 0.15) is 42.4 Å². The van der Waals surface area contributed by atoms with Gasteiger partial charge in [-0.05, 0) is 43.4 Å². The van der Waals surface area contributed by atoms with E-state index in [1.165, 1.54) is 42.4 Å². The van der Waals surface area contributed by atoms with Crippen LogP contribution in [0.15, 0.2) is 18.2 Å². The first-order valence-electron chi connectivity index (χ1n) is 7.04. The van der Waals surface area contributed by atoms with Gasteiger partial charge in [0.25, 0.3) is 0 Å². The van der Waals surface area contributed by atoms with Crippen LogP contribution in [0.5, 0.6) is 0 Å². The molecule has 0 amide bonds. The number of aryl methyl sites for hydroxylation is 1. The topological polar surface area (TPSA) is 32.3 Å². The number of hydrogen-bond donors (Lipinski definition) is 2. The lowest BCUT2D eigenvalue weighted by molar-refractivity contribution is 0.128. The number of benzene rings is 1. The van der Waals surface area contributed by atoms with E-state index in [0.29, 0.717) is 6.61 Å². The molecule has 1 aromatic rings. The normalized spacial score (nSPS) is 18.2. The molecule has 2 rings (SSSR count). The van der Waals surface area contributed by atoms with E-state index in [2.05, 4.69) is 37.4 Å². The second-order valence-electron chi connectivity index (χ2n) is 5.83. The monoisotopic (exact) mass is 247 g/mol. The summed E-state index contributed by atoms with van der Waals surface area (Å²) < 4.78 is 0. The van der Waals surface area contributed by atoms with E-state index < -0.39 is 0 Å². The van der Waals surface area contributed by atoms with Crippen LogP contribution in [-0.2, 0) is 6.54 Å². The van der Waals surface area contributed by atoms with Crippen molar-refractivity contribution in [3.05, 3.63) is 34.9 Å². The van der Waals surface area contributed by atoms with Gasteiger partial charge in [0.05, 0.1) is 0 Å². The number of aliphatic hydroxyl groups is 1. The van der Waals surface area contributed by atoms with Gasteiger partial charge in [0.1, 0.15) is 0 Å². The van der Waals surface area contributed by atoms with Crippen molar-refractivity contribution in [2.24, 2.45) is 5.41 Å². The highest BCUT2D eigenvalue weighted by molar-refractivity contribution is 5.32. The Bertz CT molecular complexity index is 394. The highest BCUT2D eigenvalue weighted by Crippen LogP contribution is 2.36. The van der Waals surface area contributed by atoms with E-state index in [1.807, 2.05) is 0 Å². The summed E-state index contributed by atoms with van der Waals surface area (Å²) in [5, 5.41) is 13.1. The van der Waals surface area contributed by atoms with Crippen LogP contribution >= 0.6 is 0 Å². The maximum atomic E-state index is 9.57. The Balaban J connectivity index is 1.90. The summed E-state index contributed by atoms with van der Waals surface area (Å²) in [6.07, 6.45) is 4.88. The molecule has 0 atom stereocenters. The average molecular weight is 247 g/mol. The summed E-state index contributed by atoms with van der Waals surface area (Å²) in [5.41, 5.74) is 4.26. The lowest BCUT2D eigenvalue weighted by Gasteiger charge is -2.27. The molecule has 1 aliphatic carbocycles. The summed E-state index contributed by atoms with van der Waals surface area (Å²) in [5.74, 6) is 0. The zero-order chi connectivity index (χ0) is 13.0. The predicted molar refractivity (Wildman–Crippen MR) is 75.6 cm³/mol. The van der Waals surface area contributed by atoms with Crippen LogP contribution in [0, 0.1) is 19.3 Å². The van der Waals surface area contributed by atoms with Crippen molar-refractivity contribution in [1.82, 2.24) is 5.32 Å². The van der Waals surface area contributed by atoms with Gasteiger partial charge in [-0.15, -0.1) is 0 Å². The Kier molecular flexibility index (Phi) is 4.41. The van der Waals surface area contributed by atoms with Gasteiger partial charge in [-0.1, -0.05) is 31.0 Å². The Morgan fingerprint density at radius 2 is 1.94 bits per heavy atom. The summed E-state index contributed by atoms with van der Waals surface area (Å²) in [6, 6.07) is 6.47. The van der Waals surface area contributed by atoms with Gasteiger partial charge in [0.15, 0.2) is 0 Å². The quantitative estimate of drug-likeness (QED) is 0.838. The van der Waals surface area contributed by atoms with Gasteiger partial charge in [-0.3, -0.25) is 0 Å². The molecule has 18 heavy (non-hydrogen) atoms. The minimum absolute atomic E-state index is 0.151. The molecule has 1 saturated carbocycles. The second-order valence-corrected chi connectivity index (χ2v) is 5.83. The van der Waals surface area contributed by atoms with E-state index in [9.17, 15) is 5.11 Å². The van der Waals surface area contributed by atoms with Gasteiger partial charge >= 0.3 is 0 Å². The van der Waals surface area contributed by atoms with Gasteiger partial charge in [-0.25, -0.2) is 0 Å². The number of rotatable bonds is 5. The zero-order valence-electron chi connectivity index (χ0n) is 11.6. The molecule has 1 aliphatic rings. The largest absolute Gasteiger partial charge is 0.396 e. The third-order valence-electron chi connectivity index (χ3n) is 4.53. The fraction of sp³-hybridized carbons (Fsp3) is 0.625. The molecule has 0 radical (unpaired) electrons. The average Bonchev–Trinajstić information content (AvgIpc) is 2.84. The molecule has 0 unspecified atom stereocenters. The molecular weight excluding hydrogens is 222 g/mol. The maximum Gasteiger partial charge on any atom is 0.0499 e. The lowest BCUT2D eigenvalue weighted by atomic mass is 9.87. The van der Waals surface area contributed by atoms with Crippen LogP contribution in [0.25, 0.3) is 0 Å². The van der Waals surface area contributed by atoms with Crippen molar-refractivity contribution in [1.29, 1.82) is 0 Å². The summed E-state index contributed by atoms with van der Waals surface area (Å²) in [6.45, 7) is 6.52. The van der Waals surface area contributed by atoms with Crippen LogP contribution in [0.2, 0.25) is 0 Å². The molecule has 0 bridgehead atoms. The molecule has 0 aliphatic heterocycles. The molecule has 0 heterocycles. The van der Waals surface area contributed by atoms with Crippen LogP contribution < -0.4 is 5.32 Å². The Morgan fingerprint density at radius 3 is 2.61 bits per heavy atom. The molecule has 0 spiro atoms. The first-order chi connectivity index (χ1) is 8.67. The molecular formula is C16H25NO. The van der Waals surface area contributed by atoms with E-state index in [-0.39, 0.29) is 5.41 Å². The van der Waals surface area contributed by atoms with E-state index in [4.69, 9.17) is 0 Å². The van der Waals surface area contributed by atoms with Gasteiger partial charge in [0, 0.05) is 25.1 Å². The lowest BCUT2D eigenvalue weighted by Crippen LogP contribution is -2.34. The standard InChI is InChI=1S/C16H25NO/c1-13-6-5-7-15(14(13)2)10-17-11-16(12-18)8-3-4-9-16/h5-7,17-18H,3-4,8-12H2,1-2H3. The fourth-order valence-corrected chi connectivity index (χ4v) is 2.98. The van der Waals surface area contributed by atoms with Crippen molar-refractivity contribution in [2.75, 3.05) is 13.2 Å². The van der Waals surface area contributed by atoms with Crippen molar-refractivity contribution in [2.45, 2.75) is 46.1 Å². The smallest absolute Gasteiger partial charge is 0.0499 e. The number of hydrogen-bond acceptors (Lipinski definition) is 2. The van der Waals surface area contributed by atoms with Crippen molar-refractivity contribution in [3.63, 3.8) is 0 Å². The van der Waals surface area contributed by atoms with Gasteiger partial charge < -0.3 is 10.4 Å². The molecule has 1 aromatic carbocycles. The van der Waals surface area contributed by atoms with Crippen molar-refractivity contribution < 1.29 is 5.11 Å². The Hall–Kier alpha value is -0.860. The predicted octanol–water partition coefficient (Wildman–Crippen LogP) is 2.95. The third kappa shape index (κ3) is 2.93. The molecule has 2 nitrogen and oxygen atoms in total.